The van der Waals surface area contributed by atoms with Gasteiger partial charge in [0.05, 0.1) is 4.92 Å². The maximum absolute atomic E-state index is 10.7. The van der Waals surface area contributed by atoms with Crippen LogP contribution in [0, 0.1) is 10.1 Å². The number of halogens is 2. The van der Waals surface area contributed by atoms with Crippen molar-refractivity contribution in [1.82, 2.24) is 0 Å². The molecule has 1 fully saturated rings. The Morgan fingerprint density at radius 2 is 2.00 bits per heavy atom. The van der Waals surface area contributed by atoms with Gasteiger partial charge < -0.3 is 0 Å². The number of nitrogens with zero attached hydrogens (tertiary/aromatic N) is 1. The van der Waals surface area contributed by atoms with Gasteiger partial charge in [-0.05, 0) is 6.42 Å². The number of alkyl halides is 2. The molecule has 74 valence electrons. The molecule has 0 radical (unpaired) electrons. The van der Waals surface area contributed by atoms with E-state index in [2.05, 4.69) is 0 Å². The fraction of sp³-hybridized carbons (Fsp3) is 0.333. The molecule has 0 heterocycles. The second kappa shape index (κ2) is 3.11. The van der Waals surface area contributed by atoms with Gasteiger partial charge in [0.15, 0.2) is 0 Å². The molecule has 0 aromatic heterocycles. The third kappa shape index (κ3) is 1.57. The summed E-state index contributed by atoms with van der Waals surface area (Å²) < 4.78 is -0.813. The molecule has 3 nitrogen and oxygen atoms in total. The first-order valence-corrected chi connectivity index (χ1v) is 4.89. The van der Waals surface area contributed by atoms with Crippen LogP contribution in [0.5, 0.6) is 0 Å². The first-order valence-electron chi connectivity index (χ1n) is 4.13. The summed E-state index contributed by atoms with van der Waals surface area (Å²) in [6, 6.07) is 6.56. The SMILES string of the molecule is O=[N+]([O-])c1ccccc1C1CC1(Cl)Cl. The van der Waals surface area contributed by atoms with Crippen LogP contribution in [0.3, 0.4) is 0 Å². The third-order valence-corrected chi connectivity index (χ3v) is 3.17. The van der Waals surface area contributed by atoms with Crippen molar-refractivity contribution in [2.24, 2.45) is 0 Å². The second-order valence-electron chi connectivity index (χ2n) is 3.33. The molecular weight excluding hydrogens is 225 g/mol. The van der Waals surface area contributed by atoms with E-state index >= 15 is 0 Å². The lowest BCUT2D eigenvalue weighted by Crippen LogP contribution is -1.96. The number of nitro groups is 1. The molecular formula is C9H7Cl2NO2. The lowest BCUT2D eigenvalue weighted by atomic mass is 10.1. The Morgan fingerprint density at radius 3 is 2.50 bits per heavy atom. The maximum atomic E-state index is 10.7. The minimum atomic E-state index is -0.813. The monoisotopic (exact) mass is 231 g/mol. The molecule has 1 aromatic carbocycles. The number of rotatable bonds is 2. The highest BCUT2D eigenvalue weighted by Gasteiger charge is 2.54. The van der Waals surface area contributed by atoms with Crippen molar-refractivity contribution < 1.29 is 4.92 Å². The minimum absolute atomic E-state index is 0.0978. The van der Waals surface area contributed by atoms with E-state index in [1.54, 1.807) is 18.2 Å². The largest absolute Gasteiger partial charge is 0.272 e. The van der Waals surface area contributed by atoms with E-state index in [0.717, 1.165) is 0 Å². The van der Waals surface area contributed by atoms with Crippen LogP contribution in [0.4, 0.5) is 5.69 Å². The predicted molar refractivity (Wildman–Crippen MR) is 54.9 cm³/mol. The Bertz CT molecular complexity index is 392. The van der Waals surface area contributed by atoms with Crippen LogP contribution >= 0.6 is 23.2 Å². The lowest BCUT2D eigenvalue weighted by molar-refractivity contribution is -0.385. The van der Waals surface area contributed by atoms with Crippen molar-refractivity contribution in [3.63, 3.8) is 0 Å². The Hall–Kier alpha value is -0.800. The van der Waals surface area contributed by atoms with Gasteiger partial charge in [-0.3, -0.25) is 10.1 Å². The molecule has 14 heavy (non-hydrogen) atoms. The summed E-state index contributed by atoms with van der Waals surface area (Å²) in [6.45, 7) is 0. The summed E-state index contributed by atoms with van der Waals surface area (Å²) in [5.74, 6) is -0.104. The summed E-state index contributed by atoms with van der Waals surface area (Å²) in [5, 5.41) is 10.7. The summed E-state index contributed by atoms with van der Waals surface area (Å²) in [6.07, 6.45) is 0.584. The van der Waals surface area contributed by atoms with Crippen molar-refractivity contribution in [3.05, 3.63) is 39.9 Å². The van der Waals surface area contributed by atoms with Crippen LogP contribution in [0.15, 0.2) is 24.3 Å². The standard InChI is InChI=1S/C9H7Cl2NO2/c10-9(11)5-7(9)6-3-1-2-4-8(6)12(13)14/h1-4,7H,5H2. The molecule has 5 heteroatoms. The van der Waals surface area contributed by atoms with E-state index < -0.39 is 9.26 Å². The van der Waals surface area contributed by atoms with Crippen LogP contribution < -0.4 is 0 Å². The molecule has 0 spiro atoms. The first-order chi connectivity index (χ1) is 6.52. The molecule has 1 aliphatic carbocycles. The normalized spacial score (nSPS) is 23.1. The quantitative estimate of drug-likeness (QED) is 0.446. The molecule has 0 N–H and O–H groups in total. The van der Waals surface area contributed by atoms with Crippen molar-refractivity contribution in [1.29, 1.82) is 0 Å². The summed E-state index contributed by atoms with van der Waals surface area (Å²) >= 11 is 11.7. The molecule has 0 amide bonds. The summed E-state index contributed by atoms with van der Waals surface area (Å²) in [5.41, 5.74) is 0.725. The van der Waals surface area contributed by atoms with Gasteiger partial charge in [0.25, 0.3) is 5.69 Å². The van der Waals surface area contributed by atoms with Gasteiger partial charge in [0.1, 0.15) is 4.33 Å². The fourth-order valence-electron chi connectivity index (χ4n) is 1.50. The van der Waals surface area contributed by atoms with Gasteiger partial charge in [0.2, 0.25) is 0 Å². The number of hydrogen-bond acceptors (Lipinski definition) is 2. The van der Waals surface area contributed by atoms with E-state index in [1.807, 2.05) is 0 Å². The van der Waals surface area contributed by atoms with Crippen LogP contribution in [0.2, 0.25) is 0 Å². The first kappa shape index (κ1) is 9.74. The smallest absolute Gasteiger partial charge is 0.258 e. The molecule has 1 aromatic rings. The molecule has 1 unspecified atom stereocenters. The maximum Gasteiger partial charge on any atom is 0.272 e. The minimum Gasteiger partial charge on any atom is -0.258 e. The van der Waals surface area contributed by atoms with Gasteiger partial charge in [-0.25, -0.2) is 0 Å². The van der Waals surface area contributed by atoms with Crippen LogP contribution in [0.1, 0.15) is 17.9 Å². The Kier molecular flexibility index (Phi) is 2.16. The molecule has 0 aliphatic heterocycles. The Balaban J connectivity index is 2.39. The Labute approximate surface area is 90.8 Å². The van der Waals surface area contributed by atoms with Gasteiger partial charge >= 0.3 is 0 Å². The van der Waals surface area contributed by atoms with Crippen molar-refractivity contribution >= 4 is 28.9 Å². The molecule has 1 aliphatic rings. The molecule has 0 bridgehead atoms. The number of nitro benzene ring substituents is 1. The van der Waals surface area contributed by atoms with Crippen LogP contribution in [-0.2, 0) is 0 Å². The van der Waals surface area contributed by atoms with Gasteiger partial charge in [-0.1, -0.05) is 18.2 Å². The highest BCUT2D eigenvalue weighted by atomic mass is 35.5. The van der Waals surface area contributed by atoms with E-state index in [-0.39, 0.29) is 11.6 Å². The average molecular weight is 232 g/mol. The van der Waals surface area contributed by atoms with Crippen molar-refractivity contribution in [2.45, 2.75) is 16.7 Å². The predicted octanol–water partition coefficient (Wildman–Crippen LogP) is 3.26. The molecule has 1 saturated carbocycles. The summed E-state index contributed by atoms with van der Waals surface area (Å²) in [7, 11) is 0. The fourth-order valence-corrected chi connectivity index (χ4v) is 2.04. The van der Waals surface area contributed by atoms with Crippen LogP contribution in [0.25, 0.3) is 0 Å². The topological polar surface area (TPSA) is 43.1 Å². The zero-order chi connectivity index (χ0) is 10.3. The molecule has 1 atom stereocenters. The average Bonchev–Trinajstić information content (AvgIpc) is 2.75. The molecule has 0 saturated heterocycles. The third-order valence-electron chi connectivity index (χ3n) is 2.33. The van der Waals surface area contributed by atoms with Gasteiger partial charge in [-0.15, -0.1) is 23.2 Å². The van der Waals surface area contributed by atoms with E-state index in [1.165, 1.54) is 6.07 Å². The Morgan fingerprint density at radius 1 is 1.43 bits per heavy atom. The van der Waals surface area contributed by atoms with E-state index in [4.69, 9.17) is 23.2 Å². The lowest BCUT2D eigenvalue weighted by Gasteiger charge is -2.01. The second-order valence-corrected chi connectivity index (χ2v) is 4.88. The summed E-state index contributed by atoms with van der Waals surface area (Å²) in [4.78, 5) is 10.3. The van der Waals surface area contributed by atoms with E-state index in [9.17, 15) is 10.1 Å². The highest BCUT2D eigenvalue weighted by Crippen LogP contribution is 2.60. The van der Waals surface area contributed by atoms with Gasteiger partial charge in [-0.2, -0.15) is 0 Å². The zero-order valence-electron chi connectivity index (χ0n) is 7.11. The number of benzene rings is 1. The van der Waals surface area contributed by atoms with E-state index in [0.29, 0.717) is 12.0 Å². The van der Waals surface area contributed by atoms with Crippen molar-refractivity contribution in [2.75, 3.05) is 0 Å². The van der Waals surface area contributed by atoms with Crippen LogP contribution in [-0.4, -0.2) is 9.26 Å². The highest BCUT2D eigenvalue weighted by molar-refractivity contribution is 6.51. The van der Waals surface area contributed by atoms with Gasteiger partial charge in [0, 0.05) is 17.5 Å². The molecule has 2 rings (SSSR count). The number of hydrogen-bond donors (Lipinski definition) is 0. The van der Waals surface area contributed by atoms with Crippen molar-refractivity contribution in [3.8, 4) is 0 Å². The number of para-hydroxylation sites is 1. The zero-order valence-corrected chi connectivity index (χ0v) is 8.63.